The Balaban J connectivity index is 1.58. The fraction of sp³-hybridized carbons (Fsp3) is 0.526. The molecule has 140 valence electrons. The third kappa shape index (κ3) is 4.22. The summed E-state index contributed by atoms with van der Waals surface area (Å²) in [5.74, 6) is 0.125. The summed E-state index contributed by atoms with van der Waals surface area (Å²) < 4.78 is 0. The maximum absolute atomic E-state index is 12.8. The van der Waals surface area contributed by atoms with Gasteiger partial charge in [-0.1, -0.05) is 6.07 Å². The van der Waals surface area contributed by atoms with Crippen molar-refractivity contribution in [3.8, 4) is 0 Å². The molecular formula is C19H26N4O3. The third-order valence-electron chi connectivity index (χ3n) is 4.88. The van der Waals surface area contributed by atoms with Gasteiger partial charge in [0.25, 0.3) is 5.91 Å². The Morgan fingerprint density at radius 1 is 1.12 bits per heavy atom. The number of hydrogen-bond donors (Lipinski definition) is 1. The standard InChI is InChI=1S/C19H26N4O3/c1-2-20-17(24)14-21-9-11-22(12-10-21)19(26)15-5-3-6-16(13-15)23-8-4-7-18(23)25/h3,5-6,13H,2,4,7-12,14H2,1H3,(H,20,24). The minimum absolute atomic E-state index is 0.0174. The van der Waals surface area contributed by atoms with Gasteiger partial charge in [-0.05, 0) is 31.5 Å². The zero-order valence-corrected chi connectivity index (χ0v) is 15.2. The molecule has 0 spiro atoms. The number of benzene rings is 1. The first kappa shape index (κ1) is 18.4. The number of piperazine rings is 1. The summed E-state index contributed by atoms with van der Waals surface area (Å²) in [7, 11) is 0. The second-order valence-corrected chi connectivity index (χ2v) is 6.72. The van der Waals surface area contributed by atoms with E-state index in [9.17, 15) is 14.4 Å². The van der Waals surface area contributed by atoms with Gasteiger partial charge < -0.3 is 15.1 Å². The van der Waals surface area contributed by atoms with Gasteiger partial charge in [0, 0.05) is 56.9 Å². The van der Waals surface area contributed by atoms with Crippen LogP contribution in [0.4, 0.5) is 5.69 Å². The lowest BCUT2D eigenvalue weighted by Crippen LogP contribution is -2.51. The Bertz CT molecular complexity index is 683. The molecule has 0 radical (unpaired) electrons. The molecule has 1 aromatic carbocycles. The van der Waals surface area contributed by atoms with Crippen LogP contribution in [-0.2, 0) is 9.59 Å². The Morgan fingerprint density at radius 2 is 1.88 bits per heavy atom. The van der Waals surface area contributed by atoms with Crippen molar-refractivity contribution in [1.29, 1.82) is 0 Å². The molecular weight excluding hydrogens is 332 g/mol. The van der Waals surface area contributed by atoms with E-state index in [0.717, 1.165) is 18.7 Å². The van der Waals surface area contributed by atoms with Crippen LogP contribution >= 0.6 is 0 Å². The van der Waals surface area contributed by atoms with E-state index in [4.69, 9.17) is 0 Å². The highest BCUT2D eigenvalue weighted by Crippen LogP contribution is 2.23. The van der Waals surface area contributed by atoms with Crippen LogP contribution in [0.5, 0.6) is 0 Å². The Labute approximate surface area is 153 Å². The number of rotatable bonds is 5. The van der Waals surface area contributed by atoms with Gasteiger partial charge in [0.05, 0.1) is 6.54 Å². The molecule has 1 aromatic rings. The van der Waals surface area contributed by atoms with Gasteiger partial charge in [-0.25, -0.2) is 0 Å². The number of carbonyl (C=O) groups excluding carboxylic acids is 3. The molecule has 2 heterocycles. The van der Waals surface area contributed by atoms with Crippen LogP contribution in [0, 0.1) is 0 Å². The number of amides is 3. The number of carbonyl (C=O) groups is 3. The van der Waals surface area contributed by atoms with E-state index in [1.165, 1.54) is 0 Å². The van der Waals surface area contributed by atoms with Crippen LogP contribution in [-0.4, -0.2) is 73.3 Å². The predicted octanol–water partition coefficient (Wildman–Crippen LogP) is 0.707. The number of likely N-dealkylation sites (N-methyl/N-ethyl adjacent to an activating group) is 1. The lowest BCUT2D eigenvalue weighted by Gasteiger charge is -2.34. The molecule has 26 heavy (non-hydrogen) atoms. The lowest BCUT2D eigenvalue weighted by atomic mass is 10.1. The molecule has 3 rings (SSSR count). The van der Waals surface area contributed by atoms with Gasteiger partial charge in [-0.2, -0.15) is 0 Å². The predicted molar refractivity (Wildman–Crippen MR) is 99.1 cm³/mol. The largest absolute Gasteiger partial charge is 0.355 e. The van der Waals surface area contributed by atoms with Crippen LogP contribution in [0.2, 0.25) is 0 Å². The van der Waals surface area contributed by atoms with Gasteiger partial charge in [-0.3, -0.25) is 19.3 Å². The average molecular weight is 358 g/mol. The first-order chi connectivity index (χ1) is 12.6. The molecule has 0 unspecified atom stereocenters. The zero-order valence-electron chi connectivity index (χ0n) is 15.2. The van der Waals surface area contributed by atoms with Crippen molar-refractivity contribution in [1.82, 2.24) is 15.1 Å². The summed E-state index contributed by atoms with van der Waals surface area (Å²) in [5.41, 5.74) is 1.41. The minimum atomic E-state index is -0.0174. The molecule has 0 aliphatic carbocycles. The number of anilines is 1. The zero-order chi connectivity index (χ0) is 18.5. The van der Waals surface area contributed by atoms with E-state index in [0.29, 0.717) is 51.3 Å². The quantitative estimate of drug-likeness (QED) is 0.841. The Morgan fingerprint density at radius 3 is 2.54 bits per heavy atom. The SMILES string of the molecule is CCNC(=O)CN1CCN(C(=O)c2cccc(N3CCCC3=O)c2)CC1. The second kappa shape index (κ2) is 8.31. The maximum Gasteiger partial charge on any atom is 0.254 e. The summed E-state index contributed by atoms with van der Waals surface area (Å²) >= 11 is 0. The topological polar surface area (TPSA) is 73.0 Å². The molecule has 0 atom stereocenters. The van der Waals surface area contributed by atoms with Crippen molar-refractivity contribution in [3.05, 3.63) is 29.8 Å². The summed E-state index contributed by atoms with van der Waals surface area (Å²) in [6.07, 6.45) is 1.44. The van der Waals surface area contributed by atoms with Crippen molar-refractivity contribution >= 4 is 23.4 Å². The van der Waals surface area contributed by atoms with Crippen LogP contribution in [0.25, 0.3) is 0 Å². The van der Waals surface area contributed by atoms with Gasteiger partial charge in [0.2, 0.25) is 11.8 Å². The normalized spacial score (nSPS) is 18.3. The van der Waals surface area contributed by atoms with Gasteiger partial charge in [0.1, 0.15) is 0 Å². The highest BCUT2D eigenvalue weighted by atomic mass is 16.2. The first-order valence-electron chi connectivity index (χ1n) is 9.27. The summed E-state index contributed by atoms with van der Waals surface area (Å²) in [6, 6.07) is 7.32. The van der Waals surface area contributed by atoms with E-state index >= 15 is 0 Å². The molecule has 2 saturated heterocycles. The molecule has 0 bridgehead atoms. The Kier molecular flexibility index (Phi) is 5.88. The van der Waals surface area contributed by atoms with Crippen LogP contribution in [0.1, 0.15) is 30.1 Å². The number of hydrogen-bond acceptors (Lipinski definition) is 4. The lowest BCUT2D eigenvalue weighted by molar-refractivity contribution is -0.122. The molecule has 7 nitrogen and oxygen atoms in total. The molecule has 2 aliphatic heterocycles. The van der Waals surface area contributed by atoms with E-state index in [1.54, 1.807) is 11.0 Å². The molecule has 3 amide bonds. The smallest absolute Gasteiger partial charge is 0.254 e. The second-order valence-electron chi connectivity index (χ2n) is 6.72. The van der Waals surface area contributed by atoms with Crippen LogP contribution in [0.15, 0.2) is 24.3 Å². The van der Waals surface area contributed by atoms with Crippen molar-refractivity contribution in [2.45, 2.75) is 19.8 Å². The van der Waals surface area contributed by atoms with Gasteiger partial charge in [-0.15, -0.1) is 0 Å². The molecule has 0 saturated carbocycles. The summed E-state index contributed by atoms with van der Waals surface area (Å²) in [4.78, 5) is 42.0. The van der Waals surface area contributed by atoms with E-state index < -0.39 is 0 Å². The van der Waals surface area contributed by atoms with E-state index in [-0.39, 0.29) is 17.7 Å². The van der Waals surface area contributed by atoms with Crippen molar-refractivity contribution < 1.29 is 14.4 Å². The number of nitrogens with zero attached hydrogens (tertiary/aromatic N) is 3. The van der Waals surface area contributed by atoms with Crippen molar-refractivity contribution in [3.63, 3.8) is 0 Å². The average Bonchev–Trinajstić information content (AvgIpc) is 3.08. The van der Waals surface area contributed by atoms with E-state index in [1.807, 2.05) is 30.0 Å². The van der Waals surface area contributed by atoms with Gasteiger partial charge in [0.15, 0.2) is 0 Å². The molecule has 1 N–H and O–H groups in total. The molecule has 7 heteroatoms. The number of nitrogens with one attached hydrogen (secondary N) is 1. The minimum Gasteiger partial charge on any atom is -0.355 e. The van der Waals surface area contributed by atoms with E-state index in [2.05, 4.69) is 10.2 Å². The fourth-order valence-electron chi connectivity index (χ4n) is 3.48. The van der Waals surface area contributed by atoms with Gasteiger partial charge >= 0.3 is 0 Å². The highest BCUT2D eigenvalue weighted by molar-refractivity contribution is 5.99. The molecule has 2 fully saturated rings. The van der Waals surface area contributed by atoms with Crippen molar-refractivity contribution in [2.75, 3.05) is 50.7 Å². The van der Waals surface area contributed by atoms with Crippen molar-refractivity contribution in [2.24, 2.45) is 0 Å². The monoisotopic (exact) mass is 358 g/mol. The molecule has 2 aliphatic rings. The summed E-state index contributed by atoms with van der Waals surface area (Å²) in [5, 5.41) is 2.80. The highest BCUT2D eigenvalue weighted by Gasteiger charge is 2.25. The maximum atomic E-state index is 12.8. The van der Waals surface area contributed by atoms with Crippen LogP contribution in [0.3, 0.4) is 0 Å². The summed E-state index contributed by atoms with van der Waals surface area (Å²) in [6.45, 7) is 6.21. The molecule has 0 aromatic heterocycles. The van der Waals surface area contributed by atoms with Crippen LogP contribution < -0.4 is 10.2 Å². The Hall–Kier alpha value is -2.41. The fourth-order valence-corrected chi connectivity index (χ4v) is 3.48. The first-order valence-corrected chi connectivity index (χ1v) is 9.27. The third-order valence-corrected chi connectivity index (χ3v) is 4.88.